The van der Waals surface area contributed by atoms with E-state index in [0.29, 0.717) is 11.2 Å². The molecule has 4 nitrogen and oxygen atoms in total. The molecular formula is C15H17N3OS. The van der Waals surface area contributed by atoms with E-state index in [-0.39, 0.29) is 5.69 Å². The van der Waals surface area contributed by atoms with Crippen molar-refractivity contribution in [3.05, 3.63) is 45.1 Å². The molecular weight excluding hydrogens is 270 g/mol. The molecule has 0 radical (unpaired) electrons. The van der Waals surface area contributed by atoms with Crippen LogP contribution in [-0.4, -0.2) is 14.5 Å². The summed E-state index contributed by atoms with van der Waals surface area (Å²) in [5, 5.41) is 0.905. The lowest BCUT2D eigenvalue weighted by Crippen LogP contribution is -2.23. The van der Waals surface area contributed by atoms with E-state index in [1.54, 1.807) is 4.57 Å². The van der Waals surface area contributed by atoms with Crippen molar-refractivity contribution in [2.45, 2.75) is 32.7 Å². The second kappa shape index (κ2) is 5.25. The summed E-state index contributed by atoms with van der Waals surface area (Å²) in [5.41, 5.74) is 2.85. The third-order valence-electron chi connectivity index (χ3n) is 3.53. The third kappa shape index (κ3) is 2.18. The molecule has 0 unspecified atom stereocenters. The van der Waals surface area contributed by atoms with Crippen LogP contribution in [0.4, 0.5) is 0 Å². The fourth-order valence-corrected chi connectivity index (χ4v) is 2.81. The standard InChI is InChI=1S/C15H17N3OS/c1-2-8-18-13-11(14(20)17-15(18)19)9-12(16-13)10-6-4-3-5-7-10/h4,6-7,9,16H,2-3,5,8H2,1H3,(H,17,19,20). The van der Waals surface area contributed by atoms with Gasteiger partial charge in [-0.2, -0.15) is 0 Å². The van der Waals surface area contributed by atoms with Crippen LogP contribution in [0.15, 0.2) is 29.1 Å². The normalized spacial score (nSPS) is 14.8. The molecule has 2 heterocycles. The number of nitrogens with one attached hydrogen (secondary N) is 2. The number of fused-ring (bicyclic) bond motifs is 1. The molecule has 0 aliphatic heterocycles. The molecule has 0 atom stereocenters. The molecule has 2 N–H and O–H groups in total. The molecule has 20 heavy (non-hydrogen) atoms. The van der Waals surface area contributed by atoms with Crippen LogP contribution in [0, 0.1) is 4.64 Å². The third-order valence-corrected chi connectivity index (χ3v) is 3.85. The molecule has 3 rings (SSSR count). The van der Waals surface area contributed by atoms with Gasteiger partial charge >= 0.3 is 5.69 Å². The molecule has 0 aromatic carbocycles. The number of nitrogens with zero attached hydrogens (tertiary/aromatic N) is 1. The van der Waals surface area contributed by atoms with Gasteiger partial charge in [0.25, 0.3) is 0 Å². The lowest BCUT2D eigenvalue weighted by atomic mass is 10.0. The summed E-state index contributed by atoms with van der Waals surface area (Å²) in [6, 6.07) is 2.03. The summed E-state index contributed by atoms with van der Waals surface area (Å²) in [5.74, 6) is 0. The zero-order chi connectivity index (χ0) is 14.1. The van der Waals surface area contributed by atoms with Gasteiger partial charge in [0.1, 0.15) is 10.3 Å². The Balaban J connectivity index is 2.24. The summed E-state index contributed by atoms with van der Waals surface area (Å²) in [6.45, 7) is 2.73. The predicted octanol–water partition coefficient (Wildman–Crippen LogP) is 3.53. The highest BCUT2D eigenvalue weighted by Gasteiger charge is 2.11. The highest BCUT2D eigenvalue weighted by Crippen LogP contribution is 2.24. The topological polar surface area (TPSA) is 53.6 Å². The highest BCUT2D eigenvalue weighted by molar-refractivity contribution is 7.71. The van der Waals surface area contributed by atoms with E-state index < -0.39 is 0 Å². The maximum atomic E-state index is 12.0. The van der Waals surface area contributed by atoms with Crippen LogP contribution < -0.4 is 5.69 Å². The molecule has 1 aliphatic carbocycles. The summed E-state index contributed by atoms with van der Waals surface area (Å²) in [7, 11) is 0. The van der Waals surface area contributed by atoms with Crippen molar-refractivity contribution < 1.29 is 0 Å². The number of hydrogen-bond acceptors (Lipinski definition) is 2. The SMILES string of the molecule is CCCn1c(=O)[nH]c(=S)c2cc(C3=CCCC=C3)[nH]c21. The summed E-state index contributed by atoms with van der Waals surface area (Å²) >= 11 is 5.27. The number of aryl methyl sites for hydroxylation is 1. The van der Waals surface area contributed by atoms with Gasteiger partial charge in [-0.05, 0) is 30.9 Å². The molecule has 0 bridgehead atoms. The van der Waals surface area contributed by atoms with Gasteiger partial charge in [0.2, 0.25) is 0 Å². The van der Waals surface area contributed by atoms with E-state index >= 15 is 0 Å². The van der Waals surface area contributed by atoms with Gasteiger partial charge in [0, 0.05) is 12.2 Å². The summed E-state index contributed by atoms with van der Waals surface area (Å²) in [4.78, 5) is 18.1. The average molecular weight is 287 g/mol. The number of H-pyrrole nitrogens is 2. The maximum absolute atomic E-state index is 12.0. The van der Waals surface area contributed by atoms with Crippen molar-refractivity contribution in [2.24, 2.45) is 0 Å². The molecule has 0 spiro atoms. The largest absolute Gasteiger partial charge is 0.340 e. The van der Waals surface area contributed by atoms with Crippen LogP contribution in [0.3, 0.4) is 0 Å². The number of rotatable bonds is 3. The minimum atomic E-state index is -0.147. The minimum absolute atomic E-state index is 0.147. The molecule has 104 valence electrons. The van der Waals surface area contributed by atoms with Crippen molar-refractivity contribution in [2.75, 3.05) is 0 Å². The first-order valence-corrected chi connectivity index (χ1v) is 7.34. The lowest BCUT2D eigenvalue weighted by molar-refractivity contribution is 0.654. The zero-order valence-corrected chi connectivity index (χ0v) is 12.2. The minimum Gasteiger partial charge on any atom is -0.340 e. The van der Waals surface area contributed by atoms with Crippen LogP contribution in [0.2, 0.25) is 0 Å². The Morgan fingerprint density at radius 1 is 1.35 bits per heavy atom. The smallest absolute Gasteiger partial charge is 0.328 e. The Labute approximate surface area is 121 Å². The molecule has 2 aromatic heterocycles. The predicted molar refractivity (Wildman–Crippen MR) is 84.4 cm³/mol. The van der Waals surface area contributed by atoms with E-state index in [9.17, 15) is 4.79 Å². The van der Waals surface area contributed by atoms with E-state index in [2.05, 4.69) is 35.1 Å². The van der Waals surface area contributed by atoms with Crippen LogP contribution in [0.5, 0.6) is 0 Å². The van der Waals surface area contributed by atoms with Gasteiger partial charge in [-0.1, -0.05) is 37.4 Å². The summed E-state index contributed by atoms with van der Waals surface area (Å²) < 4.78 is 2.22. The molecule has 0 amide bonds. The fraction of sp³-hybridized carbons (Fsp3) is 0.333. The summed E-state index contributed by atoms with van der Waals surface area (Å²) in [6.07, 6.45) is 9.53. The fourth-order valence-electron chi connectivity index (χ4n) is 2.57. The van der Waals surface area contributed by atoms with Crippen molar-refractivity contribution in [3.8, 4) is 0 Å². The van der Waals surface area contributed by atoms with Gasteiger partial charge < -0.3 is 4.98 Å². The highest BCUT2D eigenvalue weighted by atomic mass is 32.1. The van der Waals surface area contributed by atoms with Gasteiger partial charge in [-0.25, -0.2) is 4.79 Å². The first kappa shape index (κ1) is 13.1. The first-order valence-electron chi connectivity index (χ1n) is 6.93. The van der Waals surface area contributed by atoms with Crippen LogP contribution >= 0.6 is 12.2 Å². The number of hydrogen-bond donors (Lipinski definition) is 2. The molecule has 0 saturated carbocycles. The monoisotopic (exact) mass is 287 g/mol. The van der Waals surface area contributed by atoms with Crippen molar-refractivity contribution in [3.63, 3.8) is 0 Å². The van der Waals surface area contributed by atoms with Gasteiger partial charge in [-0.3, -0.25) is 9.55 Å². The van der Waals surface area contributed by atoms with Crippen LogP contribution in [0.25, 0.3) is 16.6 Å². The number of aromatic nitrogens is 3. The Morgan fingerprint density at radius 2 is 2.20 bits per heavy atom. The van der Waals surface area contributed by atoms with Gasteiger partial charge in [0.05, 0.1) is 5.39 Å². The Bertz CT molecular complexity index is 820. The van der Waals surface area contributed by atoms with E-state index in [0.717, 1.165) is 41.6 Å². The second-order valence-corrected chi connectivity index (χ2v) is 5.40. The van der Waals surface area contributed by atoms with Crippen LogP contribution in [-0.2, 0) is 6.54 Å². The Kier molecular flexibility index (Phi) is 3.44. The number of allylic oxidation sites excluding steroid dienone is 4. The van der Waals surface area contributed by atoms with Crippen molar-refractivity contribution >= 4 is 28.8 Å². The maximum Gasteiger partial charge on any atom is 0.328 e. The van der Waals surface area contributed by atoms with E-state index in [1.807, 2.05) is 6.07 Å². The van der Waals surface area contributed by atoms with Crippen molar-refractivity contribution in [1.82, 2.24) is 14.5 Å². The molecule has 0 fully saturated rings. The van der Waals surface area contributed by atoms with E-state index in [1.165, 1.54) is 0 Å². The van der Waals surface area contributed by atoms with Crippen molar-refractivity contribution in [1.29, 1.82) is 0 Å². The molecule has 0 saturated heterocycles. The van der Waals surface area contributed by atoms with Crippen LogP contribution in [0.1, 0.15) is 31.9 Å². The average Bonchev–Trinajstić information content (AvgIpc) is 2.90. The molecule has 2 aromatic rings. The first-order chi connectivity index (χ1) is 9.70. The number of aromatic amines is 2. The second-order valence-electron chi connectivity index (χ2n) is 5.00. The zero-order valence-electron chi connectivity index (χ0n) is 11.4. The Hall–Kier alpha value is -1.88. The quantitative estimate of drug-likeness (QED) is 0.848. The Morgan fingerprint density at radius 3 is 2.90 bits per heavy atom. The van der Waals surface area contributed by atoms with Gasteiger partial charge in [0.15, 0.2) is 0 Å². The lowest BCUT2D eigenvalue weighted by Gasteiger charge is -2.06. The van der Waals surface area contributed by atoms with E-state index in [4.69, 9.17) is 12.2 Å². The van der Waals surface area contributed by atoms with Gasteiger partial charge in [-0.15, -0.1) is 0 Å². The molecule has 1 aliphatic rings. The molecule has 5 heteroatoms.